The van der Waals surface area contributed by atoms with Crippen LogP contribution in [-0.4, -0.2) is 38.1 Å². The van der Waals surface area contributed by atoms with Crippen LogP contribution >= 0.6 is 0 Å². The van der Waals surface area contributed by atoms with Gasteiger partial charge in [-0.1, -0.05) is 82.7 Å². The zero-order valence-corrected chi connectivity index (χ0v) is 24.0. The molecule has 0 aromatic heterocycles. The SMILES string of the molecule is CCCCCC/C=C/CCCOC(=O)c1cccc(S(=O)(=O)O)c1C(=O)OCCC/C=C/CCCCCC. The van der Waals surface area contributed by atoms with Gasteiger partial charge in [-0.05, 0) is 63.5 Å². The smallest absolute Gasteiger partial charge is 0.340 e. The third-order valence-corrected chi connectivity index (χ3v) is 6.90. The van der Waals surface area contributed by atoms with Crippen LogP contribution in [0.25, 0.3) is 0 Å². The van der Waals surface area contributed by atoms with E-state index in [1.807, 2.05) is 6.08 Å². The summed E-state index contributed by atoms with van der Waals surface area (Å²) < 4.78 is 44.0. The number of rotatable bonds is 21. The van der Waals surface area contributed by atoms with Crippen LogP contribution in [0.5, 0.6) is 0 Å². The van der Waals surface area contributed by atoms with E-state index in [4.69, 9.17) is 9.47 Å². The van der Waals surface area contributed by atoms with Crippen molar-refractivity contribution in [2.75, 3.05) is 13.2 Å². The van der Waals surface area contributed by atoms with E-state index in [0.29, 0.717) is 19.3 Å². The number of esters is 2. The van der Waals surface area contributed by atoms with Gasteiger partial charge in [0.05, 0.1) is 24.3 Å². The van der Waals surface area contributed by atoms with Gasteiger partial charge < -0.3 is 9.47 Å². The molecule has 0 atom stereocenters. The highest BCUT2D eigenvalue weighted by molar-refractivity contribution is 7.86. The average molecular weight is 551 g/mol. The second-order valence-electron chi connectivity index (χ2n) is 9.35. The Kier molecular flexibility index (Phi) is 18.1. The molecule has 0 radical (unpaired) electrons. The third-order valence-electron chi connectivity index (χ3n) is 6.01. The highest BCUT2D eigenvalue weighted by Gasteiger charge is 2.28. The maximum atomic E-state index is 12.8. The van der Waals surface area contributed by atoms with Gasteiger partial charge in [0.25, 0.3) is 10.1 Å². The lowest BCUT2D eigenvalue weighted by molar-refractivity contribution is 0.0450. The first-order chi connectivity index (χ1) is 18.3. The zero-order valence-electron chi connectivity index (χ0n) is 23.2. The van der Waals surface area contributed by atoms with E-state index in [1.54, 1.807) is 0 Å². The van der Waals surface area contributed by atoms with Crippen molar-refractivity contribution >= 4 is 22.1 Å². The van der Waals surface area contributed by atoms with E-state index >= 15 is 0 Å². The fourth-order valence-electron chi connectivity index (χ4n) is 3.86. The van der Waals surface area contributed by atoms with Crippen molar-refractivity contribution in [2.45, 2.75) is 109 Å². The van der Waals surface area contributed by atoms with Crippen molar-refractivity contribution in [2.24, 2.45) is 0 Å². The maximum Gasteiger partial charge on any atom is 0.340 e. The van der Waals surface area contributed by atoms with Gasteiger partial charge in [0.1, 0.15) is 4.90 Å². The first-order valence-corrected chi connectivity index (χ1v) is 15.5. The van der Waals surface area contributed by atoms with Crippen LogP contribution in [0.3, 0.4) is 0 Å². The van der Waals surface area contributed by atoms with E-state index in [0.717, 1.165) is 38.2 Å². The first kappa shape index (κ1) is 33.6. The monoisotopic (exact) mass is 550 g/mol. The number of carbonyl (C=O) groups is 2. The Labute approximate surface area is 229 Å². The molecule has 1 aromatic carbocycles. The van der Waals surface area contributed by atoms with Gasteiger partial charge in [-0.3, -0.25) is 4.55 Å². The lowest BCUT2D eigenvalue weighted by Gasteiger charge is -2.12. The Morgan fingerprint density at radius 3 is 1.66 bits per heavy atom. The topological polar surface area (TPSA) is 107 Å². The summed E-state index contributed by atoms with van der Waals surface area (Å²) in [7, 11) is -4.76. The van der Waals surface area contributed by atoms with Crippen molar-refractivity contribution in [1.29, 1.82) is 0 Å². The number of allylic oxidation sites excluding steroid dienone is 4. The van der Waals surface area contributed by atoms with Crippen molar-refractivity contribution in [1.82, 2.24) is 0 Å². The molecule has 0 spiro atoms. The standard InChI is InChI=1S/C30H46O7S/c1-3-5-7-9-11-13-15-17-19-24-36-29(31)26-22-21-23-27(38(33,34)35)28(26)30(32)37-25-20-18-16-14-12-10-8-6-4-2/h13-16,21-23H,3-12,17-20,24-25H2,1-2H3,(H,33,34,35)/b15-13+,16-14+. The van der Waals surface area contributed by atoms with Gasteiger partial charge in [0.2, 0.25) is 0 Å². The molecule has 0 fully saturated rings. The lowest BCUT2D eigenvalue weighted by atomic mass is 10.1. The van der Waals surface area contributed by atoms with Crippen LogP contribution < -0.4 is 0 Å². The zero-order chi connectivity index (χ0) is 28.1. The highest BCUT2D eigenvalue weighted by atomic mass is 32.2. The Morgan fingerprint density at radius 2 is 1.18 bits per heavy atom. The Bertz CT molecular complexity index is 980. The molecule has 38 heavy (non-hydrogen) atoms. The van der Waals surface area contributed by atoms with Gasteiger partial charge in [-0.25, -0.2) is 9.59 Å². The number of unbranched alkanes of at least 4 members (excludes halogenated alkanes) is 10. The van der Waals surface area contributed by atoms with E-state index in [9.17, 15) is 22.6 Å². The molecular weight excluding hydrogens is 504 g/mol. The minimum Gasteiger partial charge on any atom is -0.462 e. The summed E-state index contributed by atoms with van der Waals surface area (Å²) in [6.45, 7) is 4.53. The van der Waals surface area contributed by atoms with Crippen LogP contribution in [0.4, 0.5) is 0 Å². The molecule has 8 heteroatoms. The van der Waals surface area contributed by atoms with Crippen molar-refractivity contribution in [3.63, 3.8) is 0 Å². The highest BCUT2D eigenvalue weighted by Crippen LogP contribution is 2.22. The summed E-state index contributed by atoms with van der Waals surface area (Å²) in [5, 5.41) is 0. The molecule has 1 aromatic rings. The van der Waals surface area contributed by atoms with E-state index in [1.165, 1.54) is 50.7 Å². The summed E-state index contributed by atoms with van der Waals surface area (Å²) in [4.78, 5) is 24.8. The summed E-state index contributed by atoms with van der Waals surface area (Å²) >= 11 is 0. The summed E-state index contributed by atoms with van der Waals surface area (Å²) in [5.41, 5.74) is -0.748. The third kappa shape index (κ3) is 14.5. The molecular formula is C30H46O7S. The normalized spacial score (nSPS) is 11.9. The van der Waals surface area contributed by atoms with Crippen LogP contribution in [0.2, 0.25) is 0 Å². The first-order valence-electron chi connectivity index (χ1n) is 14.1. The number of ether oxygens (including phenoxy) is 2. The van der Waals surface area contributed by atoms with Gasteiger partial charge in [-0.2, -0.15) is 8.42 Å². The largest absolute Gasteiger partial charge is 0.462 e. The molecule has 7 nitrogen and oxygen atoms in total. The number of hydrogen-bond donors (Lipinski definition) is 1. The summed E-state index contributed by atoms with van der Waals surface area (Å²) in [6, 6.07) is 3.64. The molecule has 0 heterocycles. The fraction of sp³-hybridized carbons (Fsp3) is 0.600. The van der Waals surface area contributed by atoms with Crippen LogP contribution in [0.1, 0.15) is 124 Å². The van der Waals surface area contributed by atoms with Gasteiger partial charge >= 0.3 is 11.9 Å². The predicted molar refractivity (Wildman–Crippen MR) is 151 cm³/mol. The van der Waals surface area contributed by atoms with Gasteiger partial charge in [0.15, 0.2) is 0 Å². The van der Waals surface area contributed by atoms with Gasteiger partial charge in [-0.15, -0.1) is 0 Å². The minimum absolute atomic E-state index is 0.0537. The molecule has 1 rings (SSSR count). The van der Waals surface area contributed by atoms with Crippen molar-refractivity contribution in [3.8, 4) is 0 Å². The molecule has 0 saturated heterocycles. The molecule has 0 aliphatic rings. The molecule has 0 amide bonds. The van der Waals surface area contributed by atoms with Gasteiger partial charge in [0, 0.05) is 0 Å². The molecule has 0 bridgehead atoms. The number of benzene rings is 1. The van der Waals surface area contributed by atoms with Crippen LogP contribution in [0.15, 0.2) is 47.4 Å². The van der Waals surface area contributed by atoms with Crippen molar-refractivity contribution < 1.29 is 32.0 Å². The molecule has 0 aliphatic carbocycles. The fourth-order valence-corrected chi connectivity index (χ4v) is 4.56. The molecule has 0 aliphatic heterocycles. The average Bonchev–Trinajstić information content (AvgIpc) is 2.89. The number of hydrogen-bond acceptors (Lipinski definition) is 6. The summed E-state index contributed by atoms with van der Waals surface area (Å²) in [6.07, 6.45) is 22.6. The number of carbonyl (C=O) groups excluding carboxylic acids is 2. The minimum atomic E-state index is -4.76. The quantitative estimate of drug-likeness (QED) is 0.0718. The molecule has 1 N–H and O–H groups in total. The maximum absolute atomic E-state index is 12.8. The lowest BCUT2D eigenvalue weighted by Crippen LogP contribution is -2.19. The Balaban J connectivity index is 2.63. The Morgan fingerprint density at radius 1 is 0.711 bits per heavy atom. The van der Waals surface area contributed by atoms with Crippen LogP contribution in [0, 0.1) is 0 Å². The van der Waals surface area contributed by atoms with Crippen molar-refractivity contribution in [3.05, 3.63) is 53.6 Å². The van der Waals surface area contributed by atoms with Crippen LogP contribution in [-0.2, 0) is 19.6 Å². The second kappa shape index (κ2) is 20.5. The Hall–Kier alpha value is -2.45. The molecule has 0 saturated carbocycles. The molecule has 0 unspecified atom stereocenters. The predicted octanol–water partition coefficient (Wildman–Crippen LogP) is 7.86. The van der Waals surface area contributed by atoms with E-state index in [-0.39, 0.29) is 18.8 Å². The second-order valence-corrected chi connectivity index (χ2v) is 10.7. The molecule has 214 valence electrons. The van der Waals surface area contributed by atoms with E-state index in [2.05, 4.69) is 32.1 Å². The van der Waals surface area contributed by atoms with E-state index < -0.39 is 32.5 Å². The summed E-state index contributed by atoms with van der Waals surface area (Å²) in [5.74, 6) is -1.82.